The van der Waals surface area contributed by atoms with Crippen LogP contribution in [-0.4, -0.2) is 32.9 Å². The van der Waals surface area contributed by atoms with Gasteiger partial charge in [0.25, 0.3) is 11.8 Å². The van der Waals surface area contributed by atoms with Crippen molar-refractivity contribution in [1.82, 2.24) is 20.6 Å². The van der Waals surface area contributed by atoms with E-state index in [1.807, 2.05) is 13.0 Å². The Morgan fingerprint density at radius 1 is 1.04 bits per heavy atom. The monoisotopic (exact) mass is 370 g/mol. The van der Waals surface area contributed by atoms with Crippen LogP contribution in [0.1, 0.15) is 63.7 Å². The van der Waals surface area contributed by atoms with Crippen LogP contribution >= 0.6 is 11.3 Å². The van der Waals surface area contributed by atoms with Crippen molar-refractivity contribution in [3.05, 3.63) is 46.2 Å². The van der Waals surface area contributed by atoms with Crippen LogP contribution in [0.25, 0.3) is 0 Å². The summed E-state index contributed by atoms with van der Waals surface area (Å²) >= 11 is 1.41. The van der Waals surface area contributed by atoms with E-state index in [-0.39, 0.29) is 22.9 Å². The number of nitrogens with one attached hydrogen (secondary N) is 2. The zero-order valence-corrected chi connectivity index (χ0v) is 15.6. The maximum Gasteiger partial charge on any atom is 0.270 e. The third-order valence-corrected chi connectivity index (χ3v) is 6.48. The summed E-state index contributed by atoms with van der Waals surface area (Å²) in [5, 5.41) is 7.36. The molecule has 6 nitrogen and oxygen atoms in total. The van der Waals surface area contributed by atoms with Crippen LogP contribution in [0.5, 0.6) is 0 Å². The second-order valence-electron chi connectivity index (χ2n) is 7.46. The lowest BCUT2D eigenvalue weighted by Crippen LogP contribution is -2.55. The van der Waals surface area contributed by atoms with Crippen LogP contribution in [0.15, 0.2) is 30.6 Å². The largest absolute Gasteiger partial charge is 0.346 e. The Bertz CT molecular complexity index is 837. The van der Waals surface area contributed by atoms with Crippen LogP contribution in [0.3, 0.4) is 0 Å². The SMILES string of the molecule is Cc1ncc(C(=O)NC23CCCC(NC(=O)c4ccccn4)(CC2)C3)s1. The van der Waals surface area contributed by atoms with Gasteiger partial charge in [0.15, 0.2) is 0 Å². The highest BCUT2D eigenvalue weighted by Gasteiger charge is 2.52. The Morgan fingerprint density at radius 3 is 2.38 bits per heavy atom. The molecular formula is C19H22N4O2S. The Labute approximate surface area is 156 Å². The summed E-state index contributed by atoms with van der Waals surface area (Å²) in [4.78, 5) is 34.2. The van der Waals surface area contributed by atoms with Crippen LogP contribution in [-0.2, 0) is 0 Å². The lowest BCUT2D eigenvalue weighted by atomic mass is 9.78. The van der Waals surface area contributed by atoms with Crippen LogP contribution < -0.4 is 10.6 Å². The number of rotatable bonds is 4. The van der Waals surface area contributed by atoms with E-state index in [4.69, 9.17) is 0 Å². The molecule has 2 aromatic rings. The van der Waals surface area contributed by atoms with E-state index in [2.05, 4.69) is 20.6 Å². The summed E-state index contributed by atoms with van der Waals surface area (Å²) < 4.78 is 0. The zero-order chi connectivity index (χ0) is 18.2. The fraction of sp³-hybridized carbons (Fsp3) is 0.474. The summed E-state index contributed by atoms with van der Waals surface area (Å²) in [7, 11) is 0. The summed E-state index contributed by atoms with van der Waals surface area (Å²) in [5.41, 5.74) is -0.0388. The van der Waals surface area contributed by atoms with Gasteiger partial charge in [-0.25, -0.2) is 4.98 Å². The fourth-order valence-electron chi connectivity index (χ4n) is 4.40. The van der Waals surface area contributed by atoms with Gasteiger partial charge in [-0.2, -0.15) is 0 Å². The van der Waals surface area contributed by atoms with Crippen molar-refractivity contribution >= 4 is 23.2 Å². The van der Waals surface area contributed by atoms with Gasteiger partial charge in [0.1, 0.15) is 10.6 Å². The van der Waals surface area contributed by atoms with Gasteiger partial charge in [-0.1, -0.05) is 6.07 Å². The van der Waals surface area contributed by atoms with Gasteiger partial charge >= 0.3 is 0 Å². The van der Waals surface area contributed by atoms with Crippen molar-refractivity contribution in [2.24, 2.45) is 0 Å². The normalized spacial score (nSPS) is 27.1. The van der Waals surface area contributed by atoms with Crippen molar-refractivity contribution in [2.45, 2.75) is 56.5 Å². The number of carbonyl (C=O) groups is 2. The second kappa shape index (κ2) is 6.46. The molecule has 0 spiro atoms. The van der Waals surface area contributed by atoms with E-state index in [1.165, 1.54) is 11.3 Å². The number of fused-ring (bicyclic) bond motifs is 2. The van der Waals surface area contributed by atoms with Crippen molar-refractivity contribution in [1.29, 1.82) is 0 Å². The smallest absolute Gasteiger partial charge is 0.270 e. The molecule has 2 heterocycles. The molecule has 2 aromatic heterocycles. The molecule has 0 saturated heterocycles. The lowest BCUT2D eigenvalue weighted by molar-refractivity contribution is 0.0831. The minimum atomic E-state index is -0.246. The summed E-state index contributed by atoms with van der Waals surface area (Å²) in [6.45, 7) is 1.90. The number of aryl methyl sites for hydroxylation is 1. The Balaban J connectivity index is 1.47. The Morgan fingerprint density at radius 2 is 1.77 bits per heavy atom. The van der Waals surface area contributed by atoms with E-state index in [1.54, 1.807) is 24.5 Å². The summed E-state index contributed by atoms with van der Waals surface area (Å²) in [6, 6.07) is 5.34. The molecule has 2 aliphatic rings. The molecule has 2 fully saturated rings. The maximum absolute atomic E-state index is 12.6. The van der Waals surface area contributed by atoms with E-state index in [0.717, 1.165) is 43.5 Å². The summed E-state index contributed by atoms with van der Waals surface area (Å²) in [5.74, 6) is -0.183. The standard InChI is InChI=1S/C19H22N4O2S/c1-13-21-11-15(26-13)17(25)23-19-7-4-6-18(12-19,8-9-19)22-16(24)14-5-2-3-10-20-14/h2-3,5,10-11H,4,6-9,12H2,1H3,(H,22,24)(H,23,25). The predicted molar refractivity (Wildman–Crippen MR) is 99.2 cm³/mol. The van der Waals surface area contributed by atoms with Gasteiger partial charge < -0.3 is 10.6 Å². The molecular weight excluding hydrogens is 348 g/mol. The Hall–Kier alpha value is -2.28. The number of aromatic nitrogens is 2. The van der Waals surface area contributed by atoms with E-state index in [0.29, 0.717) is 10.6 Å². The number of hydrogen-bond acceptors (Lipinski definition) is 5. The molecule has 2 amide bonds. The molecule has 2 saturated carbocycles. The van der Waals surface area contributed by atoms with E-state index >= 15 is 0 Å². The summed E-state index contributed by atoms with van der Waals surface area (Å²) in [6.07, 6.45) is 8.71. The molecule has 0 radical (unpaired) electrons. The molecule has 2 unspecified atom stereocenters. The molecule has 4 rings (SSSR count). The molecule has 2 atom stereocenters. The first-order chi connectivity index (χ1) is 12.5. The molecule has 2 bridgehead atoms. The van der Waals surface area contributed by atoms with Gasteiger partial charge in [0, 0.05) is 17.3 Å². The molecule has 136 valence electrons. The molecule has 26 heavy (non-hydrogen) atoms. The molecule has 2 N–H and O–H groups in total. The Kier molecular flexibility index (Phi) is 4.26. The topological polar surface area (TPSA) is 84.0 Å². The van der Waals surface area contributed by atoms with Crippen LogP contribution in [0.2, 0.25) is 0 Å². The first-order valence-corrected chi connectivity index (χ1v) is 9.80. The number of carbonyl (C=O) groups excluding carboxylic acids is 2. The van der Waals surface area contributed by atoms with E-state index in [9.17, 15) is 9.59 Å². The van der Waals surface area contributed by atoms with Crippen LogP contribution in [0.4, 0.5) is 0 Å². The highest BCUT2D eigenvalue weighted by atomic mass is 32.1. The van der Waals surface area contributed by atoms with Crippen molar-refractivity contribution in [2.75, 3.05) is 0 Å². The average molecular weight is 370 g/mol. The van der Waals surface area contributed by atoms with Gasteiger partial charge in [0.05, 0.1) is 11.2 Å². The maximum atomic E-state index is 12.6. The zero-order valence-electron chi connectivity index (χ0n) is 14.7. The van der Waals surface area contributed by atoms with Crippen molar-refractivity contribution < 1.29 is 9.59 Å². The first-order valence-electron chi connectivity index (χ1n) is 8.98. The van der Waals surface area contributed by atoms with Crippen molar-refractivity contribution in [3.8, 4) is 0 Å². The average Bonchev–Trinajstić information content (AvgIpc) is 3.17. The minimum Gasteiger partial charge on any atom is -0.346 e. The number of hydrogen-bond donors (Lipinski definition) is 2. The second-order valence-corrected chi connectivity index (χ2v) is 8.69. The fourth-order valence-corrected chi connectivity index (χ4v) is 5.08. The predicted octanol–water partition coefficient (Wildman–Crippen LogP) is 2.85. The quantitative estimate of drug-likeness (QED) is 0.867. The molecule has 0 aromatic carbocycles. The van der Waals surface area contributed by atoms with Gasteiger partial charge in [-0.15, -0.1) is 11.3 Å². The minimum absolute atomic E-state index is 0.0515. The van der Waals surface area contributed by atoms with E-state index < -0.39 is 0 Å². The molecule has 7 heteroatoms. The molecule has 2 aliphatic carbocycles. The third kappa shape index (κ3) is 3.23. The molecule has 0 aliphatic heterocycles. The number of thiazole rings is 1. The van der Waals surface area contributed by atoms with Crippen molar-refractivity contribution in [3.63, 3.8) is 0 Å². The lowest BCUT2D eigenvalue weighted by Gasteiger charge is -2.40. The van der Waals surface area contributed by atoms with Gasteiger partial charge in [0.2, 0.25) is 0 Å². The number of nitrogens with zero attached hydrogens (tertiary/aromatic N) is 2. The van der Waals surface area contributed by atoms with Gasteiger partial charge in [-0.05, 0) is 57.6 Å². The highest BCUT2D eigenvalue weighted by molar-refractivity contribution is 7.13. The number of pyridine rings is 1. The first kappa shape index (κ1) is 17.1. The van der Waals surface area contributed by atoms with Gasteiger partial charge in [-0.3, -0.25) is 14.6 Å². The van der Waals surface area contributed by atoms with Crippen LogP contribution in [0, 0.1) is 6.92 Å². The third-order valence-electron chi connectivity index (χ3n) is 5.57. The number of amides is 2. The highest BCUT2D eigenvalue weighted by Crippen LogP contribution is 2.48.